The molecule has 2 aliphatic heterocycles. The predicted molar refractivity (Wildman–Crippen MR) is 94.9 cm³/mol. The molecule has 29 heavy (non-hydrogen) atoms. The lowest BCUT2D eigenvalue weighted by molar-refractivity contribution is -0.366. The smallest absolute Gasteiger partial charge is 0.338 e. The monoisotopic (exact) mass is 412 g/mol. The summed E-state index contributed by atoms with van der Waals surface area (Å²) in [6, 6.07) is 0. The first-order chi connectivity index (χ1) is 13.4. The van der Waals surface area contributed by atoms with Crippen LogP contribution in [0, 0.1) is 22.7 Å². The van der Waals surface area contributed by atoms with Crippen LogP contribution in [0.2, 0.25) is 0 Å². The molecule has 5 aliphatic rings. The molecule has 2 saturated carbocycles. The van der Waals surface area contributed by atoms with Gasteiger partial charge in [-0.3, -0.25) is 0 Å². The number of hydrogen-bond donors (Lipinski definition) is 6. The molecule has 2 heterocycles. The van der Waals surface area contributed by atoms with Gasteiger partial charge in [-0.25, -0.2) is 4.79 Å². The first-order valence-electron chi connectivity index (χ1n) is 10.1. The van der Waals surface area contributed by atoms with Gasteiger partial charge in [0.15, 0.2) is 11.9 Å². The summed E-state index contributed by atoms with van der Waals surface area (Å²) >= 11 is 0. The normalized spacial score (nSPS) is 61.1. The molecule has 0 radical (unpaired) electrons. The Hall–Kier alpha value is -1.07. The number of aliphatic hydroxyl groups excluding tert-OH is 4. The van der Waals surface area contributed by atoms with Gasteiger partial charge in [0.2, 0.25) is 0 Å². The molecular weight excluding hydrogens is 384 g/mol. The van der Waals surface area contributed by atoms with E-state index < -0.39 is 70.5 Å². The zero-order valence-electron chi connectivity index (χ0n) is 16.6. The van der Waals surface area contributed by atoms with Crippen molar-refractivity contribution in [2.75, 3.05) is 6.61 Å². The Labute approximate surface area is 167 Å². The number of carbonyl (C=O) groups is 1. The molecule has 2 saturated heterocycles. The summed E-state index contributed by atoms with van der Waals surface area (Å²) in [5.41, 5.74) is -3.39. The quantitative estimate of drug-likeness (QED) is 0.199. The highest BCUT2D eigenvalue weighted by molar-refractivity contribution is 5.78. The van der Waals surface area contributed by atoms with Crippen molar-refractivity contribution in [3.8, 4) is 0 Å². The molecule has 1 spiro atoms. The maximum absolute atomic E-state index is 12.5. The van der Waals surface area contributed by atoms with Gasteiger partial charge in [-0.15, -0.1) is 0 Å². The Kier molecular flexibility index (Phi) is 3.70. The van der Waals surface area contributed by atoms with Gasteiger partial charge >= 0.3 is 5.97 Å². The lowest BCUT2D eigenvalue weighted by atomic mass is 9.37. The number of hydrogen-bond acceptors (Lipinski definition) is 9. The molecule has 0 amide bonds. The van der Waals surface area contributed by atoms with Crippen LogP contribution in [0.5, 0.6) is 0 Å². The molecule has 4 fully saturated rings. The van der Waals surface area contributed by atoms with Gasteiger partial charge < -0.3 is 40.1 Å². The number of rotatable bonds is 0. The molecule has 5 rings (SSSR count). The Morgan fingerprint density at radius 2 is 1.72 bits per heavy atom. The van der Waals surface area contributed by atoms with Crippen LogP contribution < -0.4 is 0 Å². The van der Waals surface area contributed by atoms with Crippen molar-refractivity contribution >= 4 is 5.97 Å². The topological polar surface area (TPSA) is 157 Å². The second kappa shape index (κ2) is 5.40. The molecule has 9 nitrogen and oxygen atoms in total. The summed E-state index contributed by atoms with van der Waals surface area (Å²) in [4.78, 5) is 12.5. The van der Waals surface area contributed by atoms with Gasteiger partial charge in [-0.05, 0) is 13.3 Å². The molecular formula is C20H28O9. The summed E-state index contributed by atoms with van der Waals surface area (Å²) in [6.45, 7) is 4.66. The molecule has 2 bridgehead atoms. The lowest BCUT2D eigenvalue weighted by Gasteiger charge is -2.69. The fourth-order valence-corrected chi connectivity index (χ4v) is 7.63. The molecule has 0 aromatic heterocycles. The second-order valence-corrected chi connectivity index (χ2v) is 9.86. The van der Waals surface area contributed by atoms with E-state index >= 15 is 0 Å². The largest absolute Gasteiger partial charge is 0.459 e. The first kappa shape index (κ1) is 19.9. The van der Waals surface area contributed by atoms with E-state index in [1.165, 1.54) is 6.92 Å². The van der Waals surface area contributed by atoms with E-state index in [0.29, 0.717) is 5.57 Å². The van der Waals surface area contributed by atoms with Gasteiger partial charge in [0, 0.05) is 23.7 Å². The summed E-state index contributed by atoms with van der Waals surface area (Å²) in [5, 5.41) is 66.7. The number of ether oxygens (including phenoxy) is 2. The highest BCUT2D eigenvalue weighted by Crippen LogP contribution is 2.74. The molecule has 0 aromatic rings. The highest BCUT2D eigenvalue weighted by Gasteiger charge is 2.87. The average molecular weight is 412 g/mol. The SMILES string of the molecule is CC1=C2C[C@H]3OC(=O)[C@H](O)[C@@]4(O)[C@@H](C)[C@@H](O)[C@]5(O)OC[C@]34[C@H]5[C@@]2(C)[C@H](O)[C@@H](O)C1. The van der Waals surface area contributed by atoms with Crippen molar-refractivity contribution in [3.05, 3.63) is 11.1 Å². The van der Waals surface area contributed by atoms with Gasteiger partial charge in [0.05, 0.1) is 24.2 Å². The molecule has 9 heteroatoms. The maximum Gasteiger partial charge on any atom is 0.338 e. The third-order valence-corrected chi connectivity index (χ3v) is 8.93. The van der Waals surface area contributed by atoms with E-state index in [-0.39, 0.29) is 19.4 Å². The zero-order chi connectivity index (χ0) is 21.3. The third kappa shape index (κ3) is 1.78. The number of esters is 1. The van der Waals surface area contributed by atoms with Crippen molar-refractivity contribution in [2.24, 2.45) is 22.7 Å². The van der Waals surface area contributed by atoms with Crippen molar-refractivity contribution in [1.29, 1.82) is 0 Å². The highest BCUT2D eigenvalue weighted by atomic mass is 16.7. The van der Waals surface area contributed by atoms with Gasteiger partial charge in [0.25, 0.3) is 0 Å². The van der Waals surface area contributed by atoms with E-state index in [2.05, 4.69) is 0 Å². The van der Waals surface area contributed by atoms with E-state index in [1.54, 1.807) is 13.8 Å². The Morgan fingerprint density at radius 3 is 2.38 bits per heavy atom. The number of fused-ring (bicyclic) bond motifs is 1. The molecule has 0 aromatic carbocycles. The second-order valence-electron chi connectivity index (χ2n) is 9.86. The summed E-state index contributed by atoms with van der Waals surface area (Å²) in [7, 11) is 0. The number of carbonyl (C=O) groups excluding carboxylic acids is 1. The fourth-order valence-electron chi connectivity index (χ4n) is 7.63. The van der Waals surface area contributed by atoms with Crippen LogP contribution in [0.3, 0.4) is 0 Å². The van der Waals surface area contributed by atoms with Crippen molar-refractivity contribution in [2.45, 2.75) is 75.5 Å². The Balaban J connectivity index is 1.85. The van der Waals surface area contributed by atoms with Crippen LogP contribution >= 0.6 is 0 Å². The minimum atomic E-state index is -2.16. The van der Waals surface area contributed by atoms with Crippen LogP contribution in [0.25, 0.3) is 0 Å². The molecule has 162 valence electrons. The zero-order valence-corrected chi connectivity index (χ0v) is 16.6. The van der Waals surface area contributed by atoms with Gasteiger partial charge in [-0.1, -0.05) is 25.0 Å². The van der Waals surface area contributed by atoms with Crippen molar-refractivity contribution < 1.29 is 44.9 Å². The standard InChI is InChI=1S/C20H28O9/c1-7-4-10(21)13(23)17(3)9(7)5-11-18-6-28-20(27,16(17)18)12(22)8(2)19(18,26)14(24)15(25)29-11/h8,10-14,16,21-24,26-27H,4-6H2,1-3H3/t8-,10-,11+,12+,13+,14-,16+,17+,18+,19-,20-/m0/s1. The summed E-state index contributed by atoms with van der Waals surface area (Å²) in [5.74, 6) is -5.39. The fraction of sp³-hybridized carbons (Fsp3) is 0.850. The molecule has 0 unspecified atom stereocenters. The van der Waals surface area contributed by atoms with E-state index in [4.69, 9.17) is 9.47 Å². The van der Waals surface area contributed by atoms with Crippen molar-refractivity contribution in [1.82, 2.24) is 0 Å². The molecule has 6 N–H and O–H groups in total. The van der Waals surface area contributed by atoms with E-state index in [1.807, 2.05) is 0 Å². The lowest BCUT2D eigenvalue weighted by Crippen LogP contribution is -2.83. The van der Waals surface area contributed by atoms with E-state index in [0.717, 1.165) is 5.57 Å². The van der Waals surface area contributed by atoms with Crippen LogP contribution in [0.4, 0.5) is 0 Å². The van der Waals surface area contributed by atoms with Crippen LogP contribution in [-0.4, -0.2) is 85.1 Å². The summed E-state index contributed by atoms with van der Waals surface area (Å²) < 4.78 is 11.3. The van der Waals surface area contributed by atoms with Crippen LogP contribution in [-0.2, 0) is 14.3 Å². The number of aliphatic hydroxyl groups is 6. The van der Waals surface area contributed by atoms with Gasteiger partial charge in [0.1, 0.15) is 17.8 Å². The summed E-state index contributed by atoms with van der Waals surface area (Å²) in [6.07, 6.45) is -6.53. The third-order valence-electron chi connectivity index (χ3n) is 8.93. The predicted octanol–water partition coefficient (Wildman–Crippen LogP) is -1.81. The Morgan fingerprint density at radius 1 is 1.07 bits per heavy atom. The first-order valence-corrected chi connectivity index (χ1v) is 10.1. The molecule has 11 atom stereocenters. The van der Waals surface area contributed by atoms with E-state index in [9.17, 15) is 35.4 Å². The van der Waals surface area contributed by atoms with Crippen LogP contribution in [0.1, 0.15) is 33.6 Å². The minimum Gasteiger partial charge on any atom is -0.459 e. The molecule has 3 aliphatic carbocycles. The van der Waals surface area contributed by atoms with Crippen molar-refractivity contribution in [3.63, 3.8) is 0 Å². The minimum absolute atomic E-state index is 0.172. The van der Waals surface area contributed by atoms with Crippen LogP contribution in [0.15, 0.2) is 11.1 Å². The van der Waals surface area contributed by atoms with Gasteiger partial charge in [-0.2, -0.15) is 0 Å². The maximum atomic E-state index is 12.5. The Bertz CT molecular complexity index is 827. The average Bonchev–Trinajstić information content (AvgIpc) is 2.98.